The number of nitrogens with zero attached hydrogens (tertiary/aromatic N) is 1. The van der Waals surface area contributed by atoms with Crippen molar-refractivity contribution in [3.05, 3.63) is 29.8 Å². The van der Waals surface area contributed by atoms with Gasteiger partial charge in [0.15, 0.2) is 0 Å². The minimum Gasteiger partial charge on any atom is -0.481 e. The van der Waals surface area contributed by atoms with Crippen LogP contribution in [0, 0.1) is 11.8 Å². The fourth-order valence-electron chi connectivity index (χ4n) is 2.36. The van der Waals surface area contributed by atoms with Crippen LogP contribution >= 0.6 is 0 Å². The molecule has 1 aliphatic rings. The third-order valence-electron chi connectivity index (χ3n) is 3.94. The van der Waals surface area contributed by atoms with Crippen molar-refractivity contribution in [1.82, 2.24) is 4.90 Å². The Bertz CT molecular complexity index is 530. The standard InChI is InChI=1S/C16H22N2O3/c1-11-8-13(11)10-18(2)16(21)17-14-5-3-4-12(9-14)6-7-15(19)20/h3-5,9,11,13H,6-8,10H2,1-2H3,(H,17,21)(H,19,20). The molecule has 2 unspecified atom stereocenters. The number of anilines is 1. The summed E-state index contributed by atoms with van der Waals surface area (Å²) < 4.78 is 0. The molecule has 114 valence electrons. The first kappa shape index (κ1) is 15.4. The minimum absolute atomic E-state index is 0.0941. The van der Waals surface area contributed by atoms with Crippen molar-refractivity contribution in [3.8, 4) is 0 Å². The molecule has 21 heavy (non-hydrogen) atoms. The van der Waals surface area contributed by atoms with Gasteiger partial charge in [-0.2, -0.15) is 0 Å². The van der Waals surface area contributed by atoms with Gasteiger partial charge < -0.3 is 15.3 Å². The molecule has 0 aliphatic heterocycles. The van der Waals surface area contributed by atoms with Crippen molar-refractivity contribution in [3.63, 3.8) is 0 Å². The molecule has 2 N–H and O–H groups in total. The van der Waals surface area contributed by atoms with Crippen LogP contribution in [0.15, 0.2) is 24.3 Å². The van der Waals surface area contributed by atoms with E-state index < -0.39 is 5.97 Å². The van der Waals surface area contributed by atoms with Gasteiger partial charge in [0.25, 0.3) is 0 Å². The predicted octanol–water partition coefficient (Wildman–Crippen LogP) is 2.82. The van der Waals surface area contributed by atoms with E-state index in [-0.39, 0.29) is 12.5 Å². The normalized spacial score (nSPS) is 19.9. The molecule has 1 saturated carbocycles. The highest BCUT2D eigenvalue weighted by atomic mass is 16.4. The predicted molar refractivity (Wildman–Crippen MR) is 81.3 cm³/mol. The van der Waals surface area contributed by atoms with Crippen LogP contribution in [0.2, 0.25) is 0 Å². The van der Waals surface area contributed by atoms with Gasteiger partial charge >= 0.3 is 12.0 Å². The van der Waals surface area contributed by atoms with Crippen LogP contribution in [0.5, 0.6) is 0 Å². The summed E-state index contributed by atoms with van der Waals surface area (Å²) in [4.78, 5) is 24.4. The lowest BCUT2D eigenvalue weighted by atomic mass is 10.1. The molecule has 2 rings (SSSR count). The Morgan fingerprint density at radius 1 is 1.43 bits per heavy atom. The number of carboxylic acids is 1. The lowest BCUT2D eigenvalue weighted by Crippen LogP contribution is -2.33. The Hall–Kier alpha value is -2.04. The fraction of sp³-hybridized carbons (Fsp3) is 0.500. The summed E-state index contributed by atoms with van der Waals surface area (Å²) in [6.07, 6.45) is 1.76. The maximum atomic E-state index is 12.1. The molecular formula is C16H22N2O3. The third kappa shape index (κ3) is 4.77. The highest BCUT2D eigenvalue weighted by molar-refractivity contribution is 5.89. The summed E-state index contributed by atoms with van der Waals surface area (Å²) in [5.74, 6) is 0.532. The zero-order chi connectivity index (χ0) is 15.4. The monoisotopic (exact) mass is 290 g/mol. The Kier molecular flexibility index (Phi) is 4.83. The molecule has 0 spiro atoms. The van der Waals surface area contributed by atoms with Gasteiger partial charge in [-0.1, -0.05) is 19.1 Å². The molecule has 0 saturated heterocycles. The van der Waals surface area contributed by atoms with E-state index in [0.29, 0.717) is 18.0 Å². The quantitative estimate of drug-likeness (QED) is 0.846. The Balaban J connectivity index is 1.87. The summed E-state index contributed by atoms with van der Waals surface area (Å²) in [5.41, 5.74) is 1.62. The van der Waals surface area contributed by atoms with E-state index in [9.17, 15) is 9.59 Å². The van der Waals surface area contributed by atoms with Crippen molar-refractivity contribution in [1.29, 1.82) is 0 Å². The molecule has 1 aliphatic carbocycles. The van der Waals surface area contributed by atoms with E-state index in [1.54, 1.807) is 11.9 Å². The maximum Gasteiger partial charge on any atom is 0.321 e. The summed E-state index contributed by atoms with van der Waals surface area (Å²) in [5, 5.41) is 11.6. The van der Waals surface area contributed by atoms with Crippen LogP contribution in [0.25, 0.3) is 0 Å². The van der Waals surface area contributed by atoms with Gasteiger partial charge in [0, 0.05) is 25.7 Å². The number of benzene rings is 1. The molecule has 0 heterocycles. The van der Waals surface area contributed by atoms with Crippen LogP contribution in [-0.4, -0.2) is 35.6 Å². The first-order valence-corrected chi connectivity index (χ1v) is 7.28. The Labute approximate surface area is 125 Å². The lowest BCUT2D eigenvalue weighted by Gasteiger charge is -2.18. The topological polar surface area (TPSA) is 69.6 Å². The molecule has 5 heteroatoms. The lowest BCUT2D eigenvalue weighted by molar-refractivity contribution is -0.136. The number of aliphatic carboxylic acids is 1. The van der Waals surface area contributed by atoms with Crippen molar-refractivity contribution < 1.29 is 14.7 Å². The number of amides is 2. The molecule has 1 aromatic rings. The SMILES string of the molecule is CC1CC1CN(C)C(=O)Nc1cccc(CCC(=O)O)c1. The number of aryl methyl sites for hydroxylation is 1. The minimum atomic E-state index is -0.817. The largest absolute Gasteiger partial charge is 0.481 e. The van der Waals surface area contributed by atoms with Gasteiger partial charge in [0.1, 0.15) is 0 Å². The van der Waals surface area contributed by atoms with Crippen LogP contribution in [0.4, 0.5) is 10.5 Å². The zero-order valence-electron chi connectivity index (χ0n) is 12.5. The van der Waals surface area contributed by atoms with E-state index in [1.165, 1.54) is 6.42 Å². The molecule has 1 aromatic carbocycles. The Morgan fingerprint density at radius 2 is 2.14 bits per heavy atom. The number of carbonyl (C=O) groups excluding carboxylic acids is 1. The summed E-state index contributed by atoms with van der Waals surface area (Å²) >= 11 is 0. The van der Waals surface area contributed by atoms with Gasteiger partial charge in [-0.05, 0) is 42.4 Å². The molecular weight excluding hydrogens is 268 g/mol. The van der Waals surface area contributed by atoms with Gasteiger partial charge in [-0.25, -0.2) is 4.79 Å². The first-order valence-electron chi connectivity index (χ1n) is 7.28. The summed E-state index contributed by atoms with van der Waals surface area (Å²) in [6, 6.07) is 7.22. The van der Waals surface area contributed by atoms with E-state index in [4.69, 9.17) is 5.11 Å². The second kappa shape index (κ2) is 6.61. The molecule has 0 aromatic heterocycles. The molecule has 2 amide bonds. The second-order valence-corrected chi connectivity index (χ2v) is 5.88. The van der Waals surface area contributed by atoms with Gasteiger partial charge in [-0.15, -0.1) is 0 Å². The summed E-state index contributed by atoms with van der Waals surface area (Å²) in [6.45, 7) is 2.98. The average Bonchev–Trinajstić information content (AvgIpc) is 3.12. The first-order chi connectivity index (χ1) is 9.95. The summed E-state index contributed by atoms with van der Waals surface area (Å²) in [7, 11) is 1.80. The fourth-order valence-corrected chi connectivity index (χ4v) is 2.36. The molecule has 5 nitrogen and oxygen atoms in total. The van der Waals surface area contributed by atoms with Gasteiger partial charge in [0.05, 0.1) is 0 Å². The molecule has 0 radical (unpaired) electrons. The van der Waals surface area contributed by atoms with E-state index in [0.717, 1.165) is 18.0 Å². The van der Waals surface area contributed by atoms with E-state index >= 15 is 0 Å². The number of hydrogen-bond donors (Lipinski definition) is 2. The van der Waals surface area contributed by atoms with Gasteiger partial charge in [0.2, 0.25) is 0 Å². The number of carbonyl (C=O) groups is 2. The number of rotatable bonds is 6. The van der Waals surface area contributed by atoms with Crippen LogP contribution in [-0.2, 0) is 11.2 Å². The highest BCUT2D eigenvalue weighted by Gasteiger charge is 2.34. The van der Waals surface area contributed by atoms with Crippen LogP contribution in [0.3, 0.4) is 0 Å². The zero-order valence-corrected chi connectivity index (χ0v) is 12.5. The second-order valence-electron chi connectivity index (χ2n) is 5.88. The van der Waals surface area contributed by atoms with E-state index in [1.807, 2.05) is 24.3 Å². The van der Waals surface area contributed by atoms with Crippen molar-refractivity contribution in [2.24, 2.45) is 11.8 Å². The van der Waals surface area contributed by atoms with E-state index in [2.05, 4.69) is 12.2 Å². The smallest absolute Gasteiger partial charge is 0.321 e. The Morgan fingerprint density at radius 3 is 2.76 bits per heavy atom. The average molecular weight is 290 g/mol. The number of carboxylic acid groups (broad SMARTS) is 1. The maximum absolute atomic E-state index is 12.1. The highest BCUT2D eigenvalue weighted by Crippen LogP contribution is 2.37. The third-order valence-corrected chi connectivity index (χ3v) is 3.94. The van der Waals surface area contributed by atoms with Crippen molar-refractivity contribution >= 4 is 17.7 Å². The number of urea groups is 1. The molecule has 2 atom stereocenters. The van der Waals surface area contributed by atoms with Crippen LogP contribution < -0.4 is 5.32 Å². The molecule has 1 fully saturated rings. The van der Waals surface area contributed by atoms with Crippen LogP contribution in [0.1, 0.15) is 25.3 Å². The van der Waals surface area contributed by atoms with Crippen molar-refractivity contribution in [2.75, 3.05) is 18.9 Å². The number of hydrogen-bond acceptors (Lipinski definition) is 2. The van der Waals surface area contributed by atoms with Crippen molar-refractivity contribution in [2.45, 2.75) is 26.2 Å². The van der Waals surface area contributed by atoms with Gasteiger partial charge in [-0.3, -0.25) is 4.79 Å². The number of nitrogens with one attached hydrogen (secondary N) is 1. The molecule has 0 bridgehead atoms.